The van der Waals surface area contributed by atoms with Gasteiger partial charge in [-0.2, -0.15) is 11.8 Å². The highest BCUT2D eigenvalue weighted by atomic mass is 32.2. The maximum Gasteiger partial charge on any atom is 0.330 e. The van der Waals surface area contributed by atoms with Crippen molar-refractivity contribution in [3.8, 4) is 0 Å². The third-order valence-electron chi connectivity index (χ3n) is 1.17. The Morgan fingerprint density at radius 1 is 1.54 bits per heavy atom. The first-order valence-corrected chi connectivity index (χ1v) is 5.48. The van der Waals surface area contributed by atoms with Crippen LogP contribution in [0.5, 0.6) is 0 Å². The van der Waals surface area contributed by atoms with Crippen molar-refractivity contribution in [3.63, 3.8) is 0 Å². The first kappa shape index (κ1) is 12.6. The van der Waals surface area contributed by atoms with Crippen LogP contribution in [0.1, 0.15) is 20.8 Å². The van der Waals surface area contributed by atoms with Gasteiger partial charge in [-0.3, -0.25) is 0 Å². The van der Waals surface area contributed by atoms with E-state index < -0.39 is 0 Å². The molecule has 3 heteroatoms. The van der Waals surface area contributed by atoms with Crippen LogP contribution in [0.25, 0.3) is 0 Å². The van der Waals surface area contributed by atoms with Crippen LogP contribution in [0.2, 0.25) is 0 Å². The summed E-state index contributed by atoms with van der Waals surface area (Å²) in [6.45, 7) is 10.4. The van der Waals surface area contributed by atoms with Crippen molar-refractivity contribution in [2.75, 3.05) is 18.1 Å². The van der Waals surface area contributed by atoms with Crippen LogP contribution in [0.3, 0.4) is 0 Å². The molecule has 0 fully saturated rings. The molecule has 0 unspecified atom stereocenters. The lowest BCUT2D eigenvalue weighted by Crippen LogP contribution is -2.10. The van der Waals surface area contributed by atoms with E-state index in [1.54, 1.807) is 11.8 Å². The Kier molecular flexibility index (Phi) is 5.88. The van der Waals surface area contributed by atoms with Crippen LogP contribution >= 0.6 is 11.8 Å². The molecule has 0 aliphatic rings. The van der Waals surface area contributed by atoms with Gasteiger partial charge in [0.2, 0.25) is 0 Å². The molecule has 76 valence electrons. The third kappa shape index (κ3) is 9.47. The summed E-state index contributed by atoms with van der Waals surface area (Å²) >= 11 is 1.80. The molecule has 0 aromatic carbocycles. The van der Waals surface area contributed by atoms with Crippen molar-refractivity contribution in [3.05, 3.63) is 12.7 Å². The summed E-state index contributed by atoms with van der Waals surface area (Å²) in [4.78, 5) is 10.6. The highest BCUT2D eigenvalue weighted by molar-refractivity contribution is 7.99. The number of hydrogen-bond donors (Lipinski definition) is 0. The Hall–Kier alpha value is -0.440. The molecule has 0 amide bonds. The minimum atomic E-state index is -0.337. The fourth-order valence-corrected chi connectivity index (χ4v) is 1.60. The first-order chi connectivity index (χ1) is 5.95. The lowest BCUT2D eigenvalue weighted by Gasteiger charge is -2.16. The van der Waals surface area contributed by atoms with Gasteiger partial charge in [0.05, 0.1) is 0 Å². The summed E-state index contributed by atoms with van der Waals surface area (Å²) in [6.07, 6.45) is 1.19. The number of hydrogen-bond acceptors (Lipinski definition) is 3. The molecule has 0 aromatic heterocycles. The second-order valence-electron chi connectivity index (χ2n) is 3.98. The molecular formula is C10H18O2S. The molecule has 0 N–H and O–H groups in total. The van der Waals surface area contributed by atoms with E-state index in [0.717, 1.165) is 11.5 Å². The van der Waals surface area contributed by atoms with E-state index >= 15 is 0 Å². The maximum atomic E-state index is 10.6. The van der Waals surface area contributed by atoms with Crippen molar-refractivity contribution >= 4 is 17.7 Å². The number of carbonyl (C=O) groups is 1. The molecule has 0 saturated heterocycles. The van der Waals surface area contributed by atoms with Gasteiger partial charge in [0.25, 0.3) is 0 Å². The van der Waals surface area contributed by atoms with Crippen molar-refractivity contribution < 1.29 is 9.53 Å². The van der Waals surface area contributed by atoms with Crippen LogP contribution in [0.15, 0.2) is 12.7 Å². The summed E-state index contributed by atoms with van der Waals surface area (Å²) in [7, 11) is 0. The van der Waals surface area contributed by atoms with E-state index in [9.17, 15) is 4.79 Å². The van der Waals surface area contributed by atoms with E-state index in [1.807, 2.05) is 0 Å². The fraction of sp³-hybridized carbons (Fsp3) is 0.700. The second-order valence-corrected chi connectivity index (χ2v) is 5.09. The van der Waals surface area contributed by atoms with Crippen molar-refractivity contribution in [1.82, 2.24) is 0 Å². The number of ether oxygens (including phenoxy) is 1. The second kappa shape index (κ2) is 6.08. The van der Waals surface area contributed by atoms with Crippen LogP contribution in [-0.2, 0) is 9.53 Å². The molecule has 0 spiro atoms. The molecule has 0 aliphatic heterocycles. The molecule has 0 saturated carbocycles. The summed E-state index contributed by atoms with van der Waals surface area (Å²) in [5.74, 6) is 1.60. The molecular weight excluding hydrogens is 184 g/mol. The van der Waals surface area contributed by atoms with Crippen LogP contribution < -0.4 is 0 Å². The van der Waals surface area contributed by atoms with Gasteiger partial charge in [-0.1, -0.05) is 27.4 Å². The van der Waals surface area contributed by atoms with Gasteiger partial charge < -0.3 is 4.74 Å². The van der Waals surface area contributed by atoms with Crippen LogP contribution in [0, 0.1) is 5.41 Å². The monoisotopic (exact) mass is 202 g/mol. The highest BCUT2D eigenvalue weighted by Gasteiger charge is 2.09. The quantitative estimate of drug-likeness (QED) is 0.389. The Labute approximate surface area is 84.7 Å². The van der Waals surface area contributed by atoms with E-state index in [4.69, 9.17) is 4.74 Å². The first-order valence-electron chi connectivity index (χ1n) is 4.32. The van der Waals surface area contributed by atoms with Crippen LogP contribution in [0.4, 0.5) is 0 Å². The minimum Gasteiger partial charge on any atom is -0.462 e. The third-order valence-corrected chi connectivity index (χ3v) is 2.70. The largest absolute Gasteiger partial charge is 0.462 e. The van der Waals surface area contributed by atoms with Gasteiger partial charge in [0.15, 0.2) is 0 Å². The lowest BCUT2D eigenvalue weighted by molar-refractivity contribution is -0.137. The summed E-state index contributed by atoms with van der Waals surface area (Å²) in [5.41, 5.74) is 0.340. The Morgan fingerprint density at radius 3 is 2.62 bits per heavy atom. The van der Waals surface area contributed by atoms with Crippen molar-refractivity contribution in [1.29, 1.82) is 0 Å². The van der Waals surface area contributed by atoms with Gasteiger partial charge in [0, 0.05) is 11.8 Å². The summed E-state index contributed by atoms with van der Waals surface area (Å²) < 4.78 is 4.83. The Morgan fingerprint density at radius 2 is 2.15 bits per heavy atom. The molecule has 0 bridgehead atoms. The lowest BCUT2D eigenvalue weighted by atomic mass is 10.0. The summed E-state index contributed by atoms with van der Waals surface area (Å²) in [5, 5.41) is 0. The number of rotatable bonds is 5. The Balaban J connectivity index is 3.27. The SMILES string of the molecule is C=CC(=O)OCCSCC(C)(C)C. The van der Waals surface area contributed by atoms with E-state index in [2.05, 4.69) is 27.4 Å². The average molecular weight is 202 g/mol. The number of thioether (sulfide) groups is 1. The molecule has 2 nitrogen and oxygen atoms in total. The molecule has 13 heavy (non-hydrogen) atoms. The molecule has 0 heterocycles. The van der Waals surface area contributed by atoms with Gasteiger partial charge in [-0.15, -0.1) is 0 Å². The minimum absolute atomic E-state index is 0.337. The fourth-order valence-electron chi connectivity index (χ4n) is 0.638. The van der Waals surface area contributed by atoms with Gasteiger partial charge in [-0.25, -0.2) is 4.79 Å². The zero-order valence-corrected chi connectivity index (χ0v) is 9.45. The molecule has 0 aliphatic carbocycles. The standard InChI is InChI=1S/C10H18O2S/c1-5-9(11)12-6-7-13-8-10(2,3)4/h5H,1,6-8H2,2-4H3. The maximum absolute atomic E-state index is 10.6. The van der Waals surface area contributed by atoms with Gasteiger partial charge in [0.1, 0.15) is 6.61 Å². The van der Waals surface area contributed by atoms with E-state index in [-0.39, 0.29) is 5.97 Å². The number of carbonyl (C=O) groups excluding carboxylic acids is 1. The van der Waals surface area contributed by atoms with E-state index in [0.29, 0.717) is 12.0 Å². The van der Waals surface area contributed by atoms with Crippen molar-refractivity contribution in [2.24, 2.45) is 5.41 Å². The van der Waals surface area contributed by atoms with Gasteiger partial charge in [-0.05, 0) is 11.2 Å². The topological polar surface area (TPSA) is 26.3 Å². The van der Waals surface area contributed by atoms with Gasteiger partial charge >= 0.3 is 5.97 Å². The highest BCUT2D eigenvalue weighted by Crippen LogP contribution is 2.19. The number of esters is 1. The molecule has 0 atom stereocenters. The Bertz CT molecular complexity index is 170. The average Bonchev–Trinajstić information content (AvgIpc) is 2.01. The normalized spacial score (nSPS) is 11.0. The predicted molar refractivity (Wildman–Crippen MR) is 57.9 cm³/mol. The molecule has 0 radical (unpaired) electrons. The predicted octanol–water partition coefficient (Wildman–Crippen LogP) is 2.49. The molecule has 0 aromatic rings. The smallest absolute Gasteiger partial charge is 0.330 e. The van der Waals surface area contributed by atoms with Crippen LogP contribution in [-0.4, -0.2) is 24.1 Å². The summed E-state index contributed by atoms with van der Waals surface area (Å²) in [6, 6.07) is 0. The zero-order chi connectivity index (χ0) is 10.3. The zero-order valence-electron chi connectivity index (χ0n) is 8.63. The van der Waals surface area contributed by atoms with E-state index in [1.165, 1.54) is 6.08 Å². The molecule has 0 rings (SSSR count). The van der Waals surface area contributed by atoms with Crippen molar-refractivity contribution in [2.45, 2.75) is 20.8 Å².